The van der Waals surface area contributed by atoms with Crippen molar-refractivity contribution in [3.05, 3.63) is 17.7 Å². The first-order valence-electron chi connectivity index (χ1n) is 4.47. The highest BCUT2D eigenvalue weighted by Gasteiger charge is 2.12. The zero-order chi connectivity index (χ0) is 8.55. The molecule has 2 heterocycles. The minimum absolute atomic E-state index is 1.04. The van der Waals surface area contributed by atoms with E-state index in [0.717, 1.165) is 18.9 Å². The van der Waals surface area contributed by atoms with Crippen molar-refractivity contribution in [2.24, 2.45) is 0 Å². The Hall–Kier alpha value is -0.830. The summed E-state index contributed by atoms with van der Waals surface area (Å²) < 4.78 is 2.32. The molecule has 0 unspecified atom stereocenters. The van der Waals surface area contributed by atoms with Crippen LogP contribution in [-0.4, -0.2) is 28.0 Å². The standard InChI is InChI=1S/C9H15N3/c1-8-10-6-9-7-11(2)4-3-5-12(8)9/h6H,3-5,7H2,1-2H3. The molecule has 12 heavy (non-hydrogen) atoms. The third kappa shape index (κ3) is 1.25. The van der Waals surface area contributed by atoms with Crippen molar-refractivity contribution in [3.8, 4) is 0 Å². The van der Waals surface area contributed by atoms with E-state index in [4.69, 9.17) is 0 Å². The fourth-order valence-corrected chi connectivity index (χ4v) is 1.80. The van der Waals surface area contributed by atoms with Crippen LogP contribution in [0.3, 0.4) is 0 Å². The lowest BCUT2D eigenvalue weighted by Crippen LogP contribution is -2.16. The van der Waals surface area contributed by atoms with Crippen LogP contribution in [0.4, 0.5) is 0 Å². The third-order valence-electron chi connectivity index (χ3n) is 2.49. The third-order valence-corrected chi connectivity index (χ3v) is 2.49. The summed E-state index contributed by atoms with van der Waals surface area (Å²) in [5.41, 5.74) is 1.35. The second-order valence-corrected chi connectivity index (χ2v) is 3.54. The van der Waals surface area contributed by atoms with Gasteiger partial charge >= 0.3 is 0 Å². The van der Waals surface area contributed by atoms with Crippen molar-refractivity contribution in [1.82, 2.24) is 14.5 Å². The minimum Gasteiger partial charge on any atom is -0.331 e. The molecule has 1 aliphatic rings. The summed E-state index contributed by atoms with van der Waals surface area (Å²) in [6.45, 7) is 5.45. The first kappa shape index (κ1) is 7.80. The topological polar surface area (TPSA) is 21.1 Å². The van der Waals surface area contributed by atoms with Crippen LogP contribution in [0.5, 0.6) is 0 Å². The lowest BCUT2D eigenvalue weighted by molar-refractivity contribution is 0.332. The number of hydrogen-bond donors (Lipinski definition) is 0. The molecular formula is C9H15N3. The van der Waals surface area contributed by atoms with Crippen LogP contribution in [0.1, 0.15) is 17.9 Å². The van der Waals surface area contributed by atoms with Crippen LogP contribution < -0.4 is 0 Å². The molecule has 3 nitrogen and oxygen atoms in total. The Morgan fingerprint density at radius 3 is 3.08 bits per heavy atom. The van der Waals surface area contributed by atoms with Crippen LogP contribution in [0.25, 0.3) is 0 Å². The molecule has 0 spiro atoms. The first-order chi connectivity index (χ1) is 5.77. The molecule has 0 atom stereocenters. The number of nitrogens with zero attached hydrogens (tertiary/aromatic N) is 3. The van der Waals surface area contributed by atoms with E-state index < -0.39 is 0 Å². The summed E-state index contributed by atoms with van der Waals surface area (Å²) in [5, 5.41) is 0. The van der Waals surface area contributed by atoms with Crippen molar-refractivity contribution >= 4 is 0 Å². The van der Waals surface area contributed by atoms with Gasteiger partial charge in [-0.25, -0.2) is 4.98 Å². The van der Waals surface area contributed by atoms with Crippen LogP contribution in [0, 0.1) is 6.92 Å². The Morgan fingerprint density at radius 2 is 2.25 bits per heavy atom. The zero-order valence-corrected chi connectivity index (χ0v) is 7.75. The van der Waals surface area contributed by atoms with Gasteiger partial charge in [-0.3, -0.25) is 0 Å². The van der Waals surface area contributed by atoms with Gasteiger partial charge < -0.3 is 9.47 Å². The lowest BCUT2D eigenvalue weighted by Gasteiger charge is -2.10. The van der Waals surface area contributed by atoms with Crippen molar-refractivity contribution in [2.75, 3.05) is 13.6 Å². The first-order valence-corrected chi connectivity index (χ1v) is 4.47. The lowest BCUT2D eigenvalue weighted by atomic mass is 10.4. The predicted molar refractivity (Wildman–Crippen MR) is 47.9 cm³/mol. The van der Waals surface area contributed by atoms with Gasteiger partial charge in [0.2, 0.25) is 0 Å². The molecule has 0 saturated heterocycles. The second-order valence-electron chi connectivity index (χ2n) is 3.54. The molecule has 0 radical (unpaired) electrons. The van der Waals surface area contributed by atoms with Gasteiger partial charge in [0, 0.05) is 19.3 Å². The fraction of sp³-hybridized carbons (Fsp3) is 0.667. The van der Waals surface area contributed by atoms with Crippen LogP contribution >= 0.6 is 0 Å². The highest BCUT2D eigenvalue weighted by molar-refractivity contribution is 5.05. The van der Waals surface area contributed by atoms with E-state index in [1.165, 1.54) is 18.7 Å². The largest absolute Gasteiger partial charge is 0.331 e. The average Bonchev–Trinajstić information content (AvgIpc) is 2.31. The Kier molecular flexibility index (Phi) is 1.89. The molecule has 0 fully saturated rings. The van der Waals surface area contributed by atoms with E-state index in [9.17, 15) is 0 Å². The molecule has 1 aliphatic heterocycles. The molecule has 2 rings (SSSR count). The Bertz CT molecular complexity index is 277. The number of aryl methyl sites for hydroxylation is 1. The van der Waals surface area contributed by atoms with Gasteiger partial charge in [0.25, 0.3) is 0 Å². The van der Waals surface area contributed by atoms with Crippen molar-refractivity contribution in [2.45, 2.75) is 26.4 Å². The highest BCUT2D eigenvalue weighted by atomic mass is 15.2. The van der Waals surface area contributed by atoms with Gasteiger partial charge in [-0.1, -0.05) is 0 Å². The summed E-state index contributed by atoms with van der Waals surface area (Å²) in [5.74, 6) is 1.15. The number of fused-ring (bicyclic) bond motifs is 1. The van der Waals surface area contributed by atoms with E-state index in [0.29, 0.717) is 0 Å². The van der Waals surface area contributed by atoms with Gasteiger partial charge in [0.1, 0.15) is 5.82 Å². The molecular weight excluding hydrogens is 150 g/mol. The molecule has 1 aromatic rings. The smallest absolute Gasteiger partial charge is 0.105 e. The fourth-order valence-electron chi connectivity index (χ4n) is 1.80. The van der Waals surface area contributed by atoms with E-state index in [1.807, 2.05) is 6.20 Å². The molecule has 0 aromatic carbocycles. The summed E-state index contributed by atoms with van der Waals surface area (Å²) in [6.07, 6.45) is 3.23. The molecule has 1 aromatic heterocycles. The summed E-state index contributed by atoms with van der Waals surface area (Å²) in [4.78, 5) is 6.66. The Labute approximate surface area is 73.0 Å². The SMILES string of the molecule is Cc1ncc2n1CCCN(C)C2. The maximum absolute atomic E-state index is 4.31. The minimum atomic E-state index is 1.04. The average molecular weight is 165 g/mol. The molecule has 0 N–H and O–H groups in total. The Balaban J connectivity index is 2.32. The van der Waals surface area contributed by atoms with Crippen molar-refractivity contribution in [1.29, 1.82) is 0 Å². The number of imidazole rings is 1. The summed E-state index contributed by atoms with van der Waals surface area (Å²) in [6, 6.07) is 0. The van der Waals surface area contributed by atoms with Crippen LogP contribution in [-0.2, 0) is 13.1 Å². The van der Waals surface area contributed by atoms with Gasteiger partial charge in [-0.05, 0) is 26.9 Å². The summed E-state index contributed by atoms with van der Waals surface area (Å²) in [7, 11) is 2.16. The number of hydrogen-bond acceptors (Lipinski definition) is 2. The number of rotatable bonds is 0. The summed E-state index contributed by atoms with van der Waals surface area (Å²) >= 11 is 0. The maximum atomic E-state index is 4.31. The maximum Gasteiger partial charge on any atom is 0.105 e. The van der Waals surface area contributed by atoms with Gasteiger partial charge in [0.15, 0.2) is 0 Å². The quantitative estimate of drug-likeness (QED) is 0.572. The predicted octanol–water partition coefficient (Wildman–Crippen LogP) is 1.03. The normalized spacial score (nSPS) is 18.8. The zero-order valence-electron chi connectivity index (χ0n) is 7.75. The molecule has 0 amide bonds. The highest BCUT2D eigenvalue weighted by Crippen LogP contribution is 2.12. The van der Waals surface area contributed by atoms with E-state index in [1.54, 1.807) is 0 Å². The van der Waals surface area contributed by atoms with E-state index in [2.05, 4.69) is 28.4 Å². The van der Waals surface area contributed by atoms with Crippen molar-refractivity contribution < 1.29 is 0 Å². The van der Waals surface area contributed by atoms with E-state index in [-0.39, 0.29) is 0 Å². The van der Waals surface area contributed by atoms with Crippen LogP contribution in [0.2, 0.25) is 0 Å². The van der Waals surface area contributed by atoms with Gasteiger partial charge in [-0.15, -0.1) is 0 Å². The molecule has 0 saturated carbocycles. The molecule has 3 heteroatoms. The number of aromatic nitrogens is 2. The van der Waals surface area contributed by atoms with Crippen molar-refractivity contribution in [3.63, 3.8) is 0 Å². The van der Waals surface area contributed by atoms with Gasteiger partial charge in [-0.2, -0.15) is 0 Å². The second kappa shape index (κ2) is 2.90. The van der Waals surface area contributed by atoms with Gasteiger partial charge in [0.05, 0.1) is 5.69 Å². The van der Waals surface area contributed by atoms with E-state index >= 15 is 0 Å². The Morgan fingerprint density at radius 1 is 1.42 bits per heavy atom. The molecule has 0 bridgehead atoms. The van der Waals surface area contributed by atoms with Crippen LogP contribution in [0.15, 0.2) is 6.20 Å². The monoisotopic (exact) mass is 165 g/mol. The molecule has 66 valence electrons. The molecule has 0 aliphatic carbocycles.